The average molecular weight is 366 g/mol. The van der Waals surface area contributed by atoms with Crippen LogP contribution in [0.1, 0.15) is 0 Å². The van der Waals surface area contributed by atoms with E-state index in [9.17, 15) is 0 Å². The molecule has 6 nitrogen and oxygen atoms in total. The molecule has 1 fully saturated rings. The first kappa shape index (κ1) is 11.4. The van der Waals surface area contributed by atoms with Gasteiger partial charge < -0.3 is 9.64 Å². The molecule has 0 bridgehead atoms. The zero-order valence-corrected chi connectivity index (χ0v) is 11.7. The Hall–Kier alpha value is -0.670. The molecule has 3 rings (SSSR count). The highest BCUT2D eigenvalue weighted by atomic mass is 127. The van der Waals surface area contributed by atoms with Gasteiger partial charge in [0.25, 0.3) is 0 Å². The summed E-state index contributed by atoms with van der Waals surface area (Å²) in [5, 5.41) is 5.06. The Bertz CT molecular complexity index is 554. The van der Waals surface area contributed by atoms with Gasteiger partial charge in [-0.05, 0) is 22.6 Å². The normalized spacial score (nSPS) is 16.7. The molecule has 0 radical (unpaired) electrons. The van der Waals surface area contributed by atoms with Gasteiger partial charge in [0, 0.05) is 24.9 Å². The fraction of sp³-hybridized carbons (Fsp3) is 0.444. The molecule has 3 heterocycles. The van der Waals surface area contributed by atoms with Crippen LogP contribution in [-0.2, 0) is 4.74 Å². The lowest BCUT2D eigenvalue weighted by atomic mass is 10.3. The lowest BCUT2D eigenvalue weighted by Gasteiger charge is -2.27. The average Bonchev–Trinajstić information content (AvgIpc) is 2.66. The maximum absolute atomic E-state index is 5.96. The van der Waals surface area contributed by atoms with Crippen LogP contribution in [0.15, 0.2) is 6.33 Å². The van der Waals surface area contributed by atoms with Crippen molar-refractivity contribution in [1.29, 1.82) is 0 Å². The summed E-state index contributed by atoms with van der Waals surface area (Å²) in [7, 11) is 0. The maximum Gasteiger partial charge on any atom is 0.182 e. The van der Waals surface area contributed by atoms with E-state index in [2.05, 4.69) is 42.6 Å². The first-order valence-electron chi connectivity index (χ1n) is 5.15. The van der Waals surface area contributed by atoms with Crippen LogP contribution in [0.3, 0.4) is 0 Å². The van der Waals surface area contributed by atoms with Crippen LogP contribution in [0.25, 0.3) is 11.0 Å². The van der Waals surface area contributed by atoms with Crippen LogP contribution in [0.4, 0.5) is 5.82 Å². The third-order valence-electron chi connectivity index (χ3n) is 2.67. The molecule has 1 aliphatic rings. The van der Waals surface area contributed by atoms with E-state index in [4.69, 9.17) is 16.5 Å². The summed E-state index contributed by atoms with van der Waals surface area (Å²) in [5.74, 6) is 0.884. The molecule has 17 heavy (non-hydrogen) atoms. The second kappa shape index (κ2) is 4.54. The van der Waals surface area contributed by atoms with Gasteiger partial charge in [0.05, 0.1) is 18.6 Å². The van der Waals surface area contributed by atoms with Gasteiger partial charge in [-0.1, -0.05) is 0 Å². The number of aromatic nitrogens is 4. The zero-order chi connectivity index (χ0) is 11.8. The van der Waals surface area contributed by atoms with Crippen molar-refractivity contribution in [2.45, 2.75) is 0 Å². The molecule has 0 atom stereocenters. The summed E-state index contributed by atoms with van der Waals surface area (Å²) >= 11 is 8.10. The van der Waals surface area contributed by atoms with Crippen molar-refractivity contribution in [3.63, 3.8) is 0 Å². The number of nitrogens with zero attached hydrogens (tertiary/aromatic N) is 5. The predicted octanol–water partition coefficient (Wildman–Crippen LogP) is 1.27. The van der Waals surface area contributed by atoms with Gasteiger partial charge in [-0.2, -0.15) is 4.20 Å². The van der Waals surface area contributed by atoms with Crippen molar-refractivity contribution in [2.75, 3.05) is 31.2 Å². The maximum atomic E-state index is 5.96. The number of hydrogen-bond acceptors (Lipinski definition) is 5. The van der Waals surface area contributed by atoms with Crippen LogP contribution >= 0.6 is 34.4 Å². The van der Waals surface area contributed by atoms with Gasteiger partial charge in [-0.25, -0.2) is 9.97 Å². The highest BCUT2D eigenvalue weighted by Gasteiger charge is 2.20. The highest BCUT2D eigenvalue weighted by Crippen LogP contribution is 2.28. The van der Waals surface area contributed by atoms with E-state index in [1.807, 2.05) is 0 Å². The van der Waals surface area contributed by atoms with Crippen LogP contribution in [0, 0.1) is 3.70 Å². The molecular weight excluding hydrogens is 356 g/mol. The SMILES string of the molecule is Cln1nc(I)c2c(N3CCOCC3)ncnc21. The Morgan fingerprint density at radius 3 is 2.82 bits per heavy atom. The Morgan fingerprint density at radius 2 is 2.06 bits per heavy atom. The molecular formula is C9H9ClIN5O. The van der Waals surface area contributed by atoms with Crippen molar-refractivity contribution >= 4 is 51.2 Å². The highest BCUT2D eigenvalue weighted by molar-refractivity contribution is 14.1. The molecule has 0 aromatic carbocycles. The monoisotopic (exact) mass is 365 g/mol. The van der Waals surface area contributed by atoms with Gasteiger partial charge in [-0.3, -0.25) is 0 Å². The van der Waals surface area contributed by atoms with Gasteiger partial charge in [0.1, 0.15) is 15.8 Å². The number of hydrogen-bond donors (Lipinski definition) is 0. The predicted molar refractivity (Wildman–Crippen MR) is 72.3 cm³/mol. The molecule has 0 aliphatic carbocycles. The van der Waals surface area contributed by atoms with E-state index in [-0.39, 0.29) is 0 Å². The van der Waals surface area contributed by atoms with Crippen LogP contribution in [-0.4, -0.2) is 45.6 Å². The van der Waals surface area contributed by atoms with Crippen LogP contribution < -0.4 is 4.90 Å². The van der Waals surface area contributed by atoms with Gasteiger partial charge in [0.2, 0.25) is 0 Å². The van der Waals surface area contributed by atoms with Gasteiger partial charge >= 0.3 is 0 Å². The minimum absolute atomic E-state index is 0.646. The van der Waals surface area contributed by atoms with E-state index in [0.717, 1.165) is 41.2 Å². The summed E-state index contributed by atoms with van der Waals surface area (Å²) in [6.07, 6.45) is 1.52. The Kier molecular flexibility index (Phi) is 3.05. The van der Waals surface area contributed by atoms with E-state index in [1.165, 1.54) is 10.5 Å². The smallest absolute Gasteiger partial charge is 0.182 e. The largest absolute Gasteiger partial charge is 0.378 e. The Labute approximate surface area is 116 Å². The number of rotatable bonds is 1. The minimum atomic E-state index is 0.646. The lowest BCUT2D eigenvalue weighted by Crippen LogP contribution is -2.36. The second-order valence-corrected chi connectivity index (χ2v) is 4.99. The van der Waals surface area contributed by atoms with Crippen molar-refractivity contribution in [3.05, 3.63) is 10.0 Å². The number of ether oxygens (including phenoxy) is 1. The molecule has 0 unspecified atom stereocenters. The quantitative estimate of drug-likeness (QED) is 0.713. The molecule has 2 aromatic rings. The van der Waals surface area contributed by atoms with Gasteiger partial charge in [-0.15, -0.1) is 5.10 Å². The summed E-state index contributed by atoms with van der Waals surface area (Å²) in [6, 6.07) is 0. The van der Waals surface area contributed by atoms with E-state index in [1.54, 1.807) is 0 Å². The van der Waals surface area contributed by atoms with Gasteiger partial charge in [0.15, 0.2) is 5.65 Å². The van der Waals surface area contributed by atoms with Crippen molar-refractivity contribution in [2.24, 2.45) is 0 Å². The fourth-order valence-electron chi connectivity index (χ4n) is 1.88. The van der Waals surface area contributed by atoms with Crippen LogP contribution in [0.2, 0.25) is 0 Å². The summed E-state index contributed by atoms with van der Waals surface area (Å²) in [5.41, 5.74) is 0.646. The van der Waals surface area contributed by atoms with Crippen LogP contribution in [0.5, 0.6) is 0 Å². The molecule has 0 N–H and O–H groups in total. The molecule has 8 heteroatoms. The third kappa shape index (κ3) is 1.95. The number of fused-ring (bicyclic) bond motifs is 1. The lowest BCUT2D eigenvalue weighted by molar-refractivity contribution is 0.122. The topological polar surface area (TPSA) is 56.1 Å². The first-order valence-corrected chi connectivity index (χ1v) is 6.57. The van der Waals surface area contributed by atoms with E-state index < -0.39 is 0 Å². The Morgan fingerprint density at radius 1 is 1.29 bits per heavy atom. The number of halogens is 2. The molecule has 90 valence electrons. The summed E-state index contributed by atoms with van der Waals surface area (Å²) in [4.78, 5) is 10.7. The van der Waals surface area contributed by atoms with Crippen molar-refractivity contribution < 1.29 is 4.74 Å². The molecule has 1 saturated heterocycles. The standard InChI is InChI=1S/C9H9ClIN5O/c10-16-9-6(7(11)14-16)8(12-5-13-9)15-1-3-17-4-2-15/h5H,1-4H2. The Balaban J connectivity index is 2.15. The van der Waals surface area contributed by atoms with Crippen molar-refractivity contribution in [1.82, 2.24) is 19.3 Å². The second-order valence-electron chi connectivity index (χ2n) is 3.65. The van der Waals surface area contributed by atoms with Crippen molar-refractivity contribution in [3.8, 4) is 0 Å². The fourth-order valence-corrected chi connectivity index (χ4v) is 2.91. The van der Waals surface area contributed by atoms with E-state index in [0.29, 0.717) is 5.65 Å². The summed E-state index contributed by atoms with van der Waals surface area (Å²) < 4.78 is 7.42. The first-order chi connectivity index (χ1) is 8.27. The molecule has 0 spiro atoms. The molecule has 0 saturated carbocycles. The molecule has 0 amide bonds. The summed E-state index contributed by atoms with van der Waals surface area (Å²) in [6.45, 7) is 3.10. The third-order valence-corrected chi connectivity index (χ3v) is 3.67. The number of anilines is 1. The number of morpholine rings is 1. The molecule has 2 aromatic heterocycles. The minimum Gasteiger partial charge on any atom is -0.378 e. The van der Waals surface area contributed by atoms with E-state index >= 15 is 0 Å². The zero-order valence-electron chi connectivity index (χ0n) is 8.81. The molecule has 1 aliphatic heterocycles.